The minimum atomic E-state index is -0.334. The van der Waals surface area contributed by atoms with E-state index in [2.05, 4.69) is 15.3 Å². The second-order valence-electron chi connectivity index (χ2n) is 3.44. The first-order chi connectivity index (χ1) is 8.15. The number of amides is 1. The van der Waals surface area contributed by atoms with Crippen molar-refractivity contribution in [1.29, 1.82) is 0 Å². The Bertz CT molecular complexity index is 522. The van der Waals surface area contributed by atoms with Crippen LogP contribution in [0.25, 0.3) is 0 Å². The van der Waals surface area contributed by atoms with Crippen molar-refractivity contribution in [3.05, 3.63) is 46.9 Å². The van der Waals surface area contributed by atoms with E-state index >= 15 is 0 Å². The molecule has 2 rings (SSSR count). The molecule has 0 atom stereocenters. The molecule has 88 valence electrons. The van der Waals surface area contributed by atoms with Gasteiger partial charge in [-0.1, -0.05) is 0 Å². The van der Waals surface area contributed by atoms with Crippen molar-refractivity contribution in [1.82, 2.24) is 15.3 Å². The van der Waals surface area contributed by atoms with E-state index in [0.29, 0.717) is 12.2 Å². The Kier molecular flexibility index (Phi) is 3.39. The molecular weight excluding hydrogens is 242 g/mol. The van der Waals surface area contributed by atoms with Crippen LogP contribution in [-0.2, 0) is 6.54 Å². The first kappa shape index (κ1) is 11.6. The minimum Gasteiger partial charge on any atom is -0.440 e. The molecule has 0 bridgehead atoms. The zero-order valence-corrected chi connectivity index (χ0v) is 9.86. The first-order valence-corrected chi connectivity index (χ1v) is 5.34. The van der Waals surface area contributed by atoms with Crippen molar-refractivity contribution in [3.8, 4) is 0 Å². The highest BCUT2D eigenvalue weighted by molar-refractivity contribution is 6.29. The summed E-state index contributed by atoms with van der Waals surface area (Å²) in [4.78, 5) is 19.8. The predicted molar refractivity (Wildman–Crippen MR) is 61.7 cm³/mol. The molecule has 2 aromatic heterocycles. The Labute approximate surface area is 103 Å². The molecule has 2 aromatic rings. The van der Waals surface area contributed by atoms with Crippen LogP contribution >= 0.6 is 11.6 Å². The Morgan fingerprint density at radius 2 is 2.24 bits per heavy atom. The molecule has 0 aliphatic rings. The summed E-state index contributed by atoms with van der Waals surface area (Å²) in [5.41, 5.74) is 1.51. The van der Waals surface area contributed by atoms with Crippen LogP contribution in [0.5, 0.6) is 0 Å². The molecule has 5 nitrogen and oxygen atoms in total. The molecule has 0 saturated carbocycles. The van der Waals surface area contributed by atoms with Gasteiger partial charge >= 0.3 is 0 Å². The number of nitrogens with one attached hydrogen (secondary N) is 1. The van der Waals surface area contributed by atoms with Crippen LogP contribution in [0.3, 0.4) is 0 Å². The number of carbonyl (C=O) groups is 1. The number of hydrogen-bond donors (Lipinski definition) is 1. The molecule has 1 amide bonds. The van der Waals surface area contributed by atoms with Gasteiger partial charge in [-0.2, -0.15) is 0 Å². The lowest BCUT2D eigenvalue weighted by Gasteiger charge is -2.02. The largest absolute Gasteiger partial charge is 0.440 e. The lowest BCUT2D eigenvalue weighted by molar-refractivity contribution is 0.0922. The molecule has 1 N–H and O–H groups in total. The average Bonchev–Trinajstić information content (AvgIpc) is 2.75. The number of hydrogen-bond acceptors (Lipinski definition) is 4. The number of rotatable bonds is 3. The monoisotopic (exact) mass is 251 g/mol. The lowest BCUT2D eigenvalue weighted by Crippen LogP contribution is -2.22. The number of aromatic nitrogens is 2. The maximum atomic E-state index is 11.6. The van der Waals surface area contributed by atoms with Gasteiger partial charge in [0.1, 0.15) is 0 Å². The van der Waals surface area contributed by atoms with Gasteiger partial charge in [0.25, 0.3) is 5.91 Å². The zero-order valence-electron chi connectivity index (χ0n) is 9.11. The smallest absolute Gasteiger partial charge is 0.287 e. The van der Waals surface area contributed by atoms with Crippen LogP contribution in [0.4, 0.5) is 0 Å². The van der Waals surface area contributed by atoms with E-state index in [9.17, 15) is 4.79 Å². The summed E-state index contributed by atoms with van der Waals surface area (Å²) in [5, 5.41) is 2.84. The van der Waals surface area contributed by atoms with Crippen LogP contribution in [0, 0.1) is 6.92 Å². The molecule has 6 heteroatoms. The van der Waals surface area contributed by atoms with Crippen molar-refractivity contribution in [2.75, 3.05) is 0 Å². The van der Waals surface area contributed by atoms with Crippen LogP contribution < -0.4 is 5.32 Å². The first-order valence-electron chi connectivity index (χ1n) is 4.96. The van der Waals surface area contributed by atoms with E-state index in [4.69, 9.17) is 16.0 Å². The Morgan fingerprint density at radius 3 is 2.82 bits per heavy atom. The molecular formula is C11H10ClN3O2. The van der Waals surface area contributed by atoms with Gasteiger partial charge < -0.3 is 9.73 Å². The molecule has 0 fully saturated rings. The van der Waals surface area contributed by atoms with E-state index in [1.54, 1.807) is 12.4 Å². The van der Waals surface area contributed by atoms with E-state index in [-0.39, 0.29) is 16.9 Å². The van der Waals surface area contributed by atoms with Crippen molar-refractivity contribution < 1.29 is 9.21 Å². The fourth-order valence-corrected chi connectivity index (χ4v) is 1.35. The van der Waals surface area contributed by atoms with Gasteiger partial charge in [0.05, 0.1) is 24.1 Å². The summed E-state index contributed by atoms with van der Waals surface area (Å²) in [5.74, 6) is -0.158. The fourth-order valence-electron chi connectivity index (χ4n) is 1.20. The van der Waals surface area contributed by atoms with Crippen LogP contribution in [0.15, 0.2) is 28.9 Å². The van der Waals surface area contributed by atoms with Gasteiger partial charge in [0.15, 0.2) is 11.0 Å². The number of aryl methyl sites for hydroxylation is 1. The molecule has 0 aliphatic heterocycles. The normalized spacial score (nSPS) is 10.2. The van der Waals surface area contributed by atoms with Crippen LogP contribution in [-0.4, -0.2) is 15.9 Å². The predicted octanol–water partition coefficient (Wildman–Crippen LogP) is 1.96. The molecule has 0 radical (unpaired) electrons. The number of nitrogens with zero attached hydrogens (tertiary/aromatic N) is 2. The molecule has 0 unspecified atom stereocenters. The maximum Gasteiger partial charge on any atom is 0.287 e. The van der Waals surface area contributed by atoms with Crippen LogP contribution in [0.2, 0.25) is 5.22 Å². The fraction of sp³-hybridized carbons (Fsp3) is 0.182. The van der Waals surface area contributed by atoms with E-state index < -0.39 is 0 Å². The third-order valence-corrected chi connectivity index (χ3v) is 2.26. The van der Waals surface area contributed by atoms with Gasteiger partial charge in [-0.25, -0.2) is 0 Å². The summed E-state index contributed by atoms with van der Waals surface area (Å²) in [6.45, 7) is 2.14. The second kappa shape index (κ2) is 4.97. The van der Waals surface area contributed by atoms with Gasteiger partial charge in [0.2, 0.25) is 0 Å². The number of halogens is 1. The Balaban J connectivity index is 1.94. The SMILES string of the molecule is Cc1cnc(CNC(=O)c2ccc(Cl)o2)cn1. The van der Waals surface area contributed by atoms with E-state index in [1.807, 2.05) is 6.92 Å². The maximum absolute atomic E-state index is 11.6. The molecule has 17 heavy (non-hydrogen) atoms. The topological polar surface area (TPSA) is 68.0 Å². The second-order valence-corrected chi connectivity index (χ2v) is 3.81. The van der Waals surface area contributed by atoms with E-state index in [1.165, 1.54) is 12.1 Å². The van der Waals surface area contributed by atoms with Crippen LogP contribution in [0.1, 0.15) is 21.9 Å². The van der Waals surface area contributed by atoms with Crippen molar-refractivity contribution in [3.63, 3.8) is 0 Å². The molecule has 0 spiro atoms. The molecule has 0 aliphatic carbocycles. The quantitative estimate of drug-likeness (QED) is 0.906. The average molecular weight is 252 g/mol. The highest BCUT2D eigenvalue weighted by atomic mass is 35.5. The lowest BCUT2D eigenvalue weighted by atomic mass is 10.4. The van der Waals surface area contributed by atoms with Gasteiger partial charge in [-0.15, -0.1) is 0 Å². The highest BCUT2D eigenvalue weighted by Gasteiger charge is 2.10. The van der Waals surface area contributed by atoms with Crippen molar-refractivity contribution in [2.45, 2.75) is 13.5 Å². The third-order valence-electron chi connectivity index (χ3n) is 2.06. The van der Waals surface area contributed by atoms with Crippen molar-refractivity contribution in [2.24, 2.45) is 0 Å². The summed E-state index contributed by atoms with van der Waals surface area (Å²) in [6.07, 6.45) is 3.26. The summed E-state index contributed by atoms with van der Waals surface area (Å²) in [7, 11) is 0. The Hall–Kier alpha value is -1.88. The Morgan fingerprint density at radius 1 is 1.41 bits per heavy atom. The molecule has 2 heterocycles. The number of carbonyl (C=O) groups excluding carboxylic acids is 1. The minimum absolute atomic E-state index is 0.176. The van der Waals surface area contributed by atoms with Gasteiger partial charge in [0, 0.05) is 6.20 Å². The van der Waals surface area contributed by atoms with Gasteiger partial charge in [-0.3, -0.25) is 14.8 Å². The summed E-state index contributed by atoms with van der Waals surface area (Å²) < 4.78 is 4.97. The summed E-state index contributed by atoms with van der Waals surface area (Å²) in [6, 6.07) is 3.03. The van der Waals surface area contributed by atoms with Gasteiger partial charge in [-0.05, 0) is 30.7 Å². The summed E-state index contributed by atoms with van der Waals surface area (Å²) >= 11 is 5.57. The highest BCUT2D eigenvalue weighted by Crippen LogP contribution is 2.12. The third kappa shape index (κ3) is 3.04. The standard InChI is InChI=1S/C11H10ClN3O2/c1-7-4-14-8(5-13-7)6-15-11(16)9-2-3-10(12)17-9/h2-5H,6H2,1H3,(H,15,16). The molecule has 0 aromatic carbocycles. The van der Waals surface area contributed by atoms with Crippen molar-refractivity contribution >= 4 is 17.5 Å². The number of furan rings is 1. The zero-order chi connectivity index (χ0) is 12.3. The van der Waals surface area contributed by atoms with E-state index in [0.717, 1.165) is 5.69 Å². The molecule has 0 saturated heterocycles.